The molecule has 0 amide bonds. The molecule has 0 aliphatic carbocycles. The van der Waals surface area contributed by atoms with Crippen LogP contribution in [0.1, 0.15) is 16.1 Å². The van der Waals surface area contributed by atoms with Crippen LogP contribution >= 0.6 is 11.3 Å². The highest BCUT2D eigenvalue weighted by Crippen LogP contribution is 2.17. The van der Waals surface area contributed by atoms with Crippen molar-refractivity contribution in [2.75, 3.05) is 6.54 Å². The summed E-state index contributed by atoms with van der Waals surface area (Å²) in [5.74, 6) is 0. The Morgan fingerprint density at radius 3 is 2.85 bits per heavy atom. The third-order valence-corrected chi connectivity index (χ3v) is 5.33. The molecule has 0 spiro atoms. The van der Waals surface area contributed by atoms with Crippen molar-refractivity contribution >= 4 is 21.4 Å². The van der Waals surface area contributed by atoms with Crippen molar-refractivity contribution < 1.29 is 8.42 Å². The molecule has 0 fully saturated rings. The van der Waals surface area contributed by atoms with E-state index >= 15 is 0 Å². The minimum atomic E-state index is -3.51. The summed E-state index contributed by atoms with van der Waals surface area (Å²) in [6.45, 7) is 2.43. The van der Waals surface area contributed by atoms with Gasteiger partial charge in [-0.05, 0) is 24.1 Å². The molecule has 3 N–H and O–H groups in total. The summed E-state index contributed by atoms with van der Waals surface area (Å²) in [7, 11) is -3.51. The van der Waals surface area contributed by atoms with E-state index in [1.54, 1.807) is 25.3 Å². The Morgan fingerprint density at radius 2 is 2.20 bits per heavy atom. The quantitative estimate of drug-likeness (QED) is 0.845. The van der Waals surface area contributed by atoms with Gasteiger partial charge in [-0.2, -0.15) is 0 Å². The predicted molar refractivity (Wildman–Crippen MR) is 80.1 cm³/mol. The van der Waals surface area contributed by atoms with Gasteiger partial charge in [-0.25, -0.2) is 18.1 Å². The van der Waals surface area contributed by atoms with E-state index in [1.165, 1.54) is 11.3 Å². The van der Waals surface area contributed by atoms with Crippen molar-refractivity contribution in [3.05, 3.63) is 45.9 Å². The average molecular weight is 311 g/mol. The molecular weight excluding hydrogens is 294 g/mol. The third-order valence-electron chi connectivity index (χ3n) is 2.89. The van der Waals surface area contributed by atoms with Crippen LogP contribution in [0.5, 0.6) is 0 Å². The number of benzene rings is 1. The molecule has 0 radical (unpaired) electrons. The van der Waals surface area contributed by atoms with Crippen LogP contribution in [0.4, 0.5) is 0 Å². The number of aromatic nitrogens is 1. The van der Waals surface area contributed by atoms with Gasteiger partial charge in [-0.3, -0.25) is 0 Å². The Morgan fingerprint density at radius 1 is 1.40 bits per heavy atom. The molecule has 5 nitrogen and oxygen atoms in total. The summed E-state index contributed by atoms with van der Waals surface area (Å²) < 4.78 is 27.2. The van der Waals surface area contributed by atoms with E-state index in [2.05, 4.69) is 9.71 Å². The second kappa shape index (κ2) is 6.45. The molecular formula is C13H17N3O2S2. The number of sulfonamides is 1. The highest BCUT2D eigenvalue weighted by molar-refractivity contribution is 7.89. The molecule has 20 heavy (non-hydrogen) atoms. The van der Waals surface area contributed by atoms with E-state index in [4.69, 9.17) is 5.73 Å². The van der Waals surface area contributed by atoms with Crippen LogP contribution < -0.4 is 10.5 Å². The predicted octanol–water partition coefficient (Wildman–Crippen LogP) is 1.43. The number of aryl methyl sites for hydroxylation is 1. The number of nitrogens with zero attached hydrogens (tertiary/aromatic N) is 1. The molecule has 1 aromatic carbocycles. The molecule has 0 aliphatic rings. The van der Waals surface area contributed by atoms with Gasteiger partial charge in [0.15, 0.2) is 0 Å². The molecule has 108 valence electrons. The van der Waals surface area contributed by atoms with Crippen LogP contribution in [0.3, 0.4) is 0 Å². The number of hydrogen-bond acceptors (Lipinski definition) is 5. The van der Waals surface area contributed by atoms with Gasteiger partial charge in [-0.1, -0.05) is 12.1 Å². The van der Waals surface area contributed by atoms with E-state index in [9.17, 15) is 8.42 Å². The van der Waals surface area contributed by atoms with Gasteiger partial charge in [0, 0.05) is 31.1 Å². The van der Waals surface area contributed by atoms with Gasteiger partial charge in [0.2, 0.25) is 10.0 Å². The Balaban J connectivity index is 2.09. The van der Waals surface area contributed by atoms with E-state index < -0.39 is 10.0 Å². The van der Waals surface area contributed by atoms with Crippen LogP contribution in [0, 0.1) is 6.92 Å². The fourth-order valence-electron chi connectivity index (χ4n) is 1.81. The van der Waals surface area contributed by atoms with Gasteiger partial charge in [0.1, 0.15) is 0 Å². The third kappa shape index (κ3) is 3.63. The summed E-state index contributed by atoms with van der Waals surface area (Å²) in [5.41, 5.74) is 7.07. The number of thiazole rings is 1. The lowest BCUT2D eigenvalue weighted by atomic mass is 10.1. The van der Waals surface area contributed by atoms with Gasteiger partial charge >= 0.3 is 0 Å². The first-order valence-electron chi connectivity index (χ1n) is 6.20. The smallest absolute Gasteiger partial charge is 0.240 e. The highest BCUT2D eigenvalue weighted by Gasteiger charge is 2.16. The molecule has 2 aromatic rings. The zero-order valence-electron chi connectivity index (χ0n) is 11.2. The van der Waals surface area contributed by atoms with E-state index in [0.717, 1.165) is 10.6 Å². The number of rotatable bonds is 6. The van der Waals surface area contributed by atoms with Crippen LogP contribution in [-0.2, 0) is 23.0 Å². The first kappa shape index (κ1) is 15.1. The van der Waals surface area contributed by atoms with Crippen molar-refractivity contribution in [3.63, 3.8) is 0 Å². The maximum atomic E-state index is 12.3. The van der Waals surface area contributed by atoms with Crippen molar-refractivity contribution in [2.24, 2.45) is 5.73 Å². The van der Waals surface area contributed by atoms with Crippen molar-refractivity contribution in [3.8, 4) is 0 Å². The number of hydrogen-bond donors (Lipinski definition) is 2. The van der Waals surface area contributed by atoms with E-state index in [-0.39, 0.29) is 0 Å². The molecule has 0 saturated carbocycles. The minimum absolute atomic E-state index is 0.291. The molecule has 2 rings (SSSR count). The SMILES string of the molecule is Cc1ccc(CN)cc1S(=O)(=O)NCCc1nccs1. The van der Waals surface area contributed by atoms with Crippen molar-refractivity contribution in [1.29, 1.82) is 0 Å². The first-order chi connectivity index (χ1) is 9.53. The molecule has 0 aliphatic heterocycles. The van der Waals surface area contributed by atoms with Gasteiger partial charge in [0.05, 0.1) is 9.90 Å². The van der Waals surface area contributed by atoms with Crippen molar-refractivity contribution in [1.82, 2.24) is 9.71 Å². The van der Waals surface area contributed by atoms with Crippen LogP contribution in [0.2, 0.25) is 0 Å². The number of nitrogens with two attached hydrogens (primary N) is 1. The summed E-state index contributed by atoms with van der Waals surface area (Å²) in [5, 5.41) is 2.79. The normalized spacial score (nSPS) is 11.7. The highest BCUT2D eigenvalue weighted by atomic mass is 32.2. The Bertz CT molecular complexity index is 667. The Hall–Kier alpha value is -1.28. The van der Waals surface area contributed by atoms with Crippen molar-refractivity contribution in [2.45, 2.75) is 24.8 Å². The summed E-state index contributed by atoms with van der Waals surface area (Å²) in [6.07, 6.45) is 2.30. The Kier molecular flexibility index (Phi) is 4.87. The minimum Gasteiger partial charge on any atom is -0.326 e. The fraction of sp³-hybridized carbons (Fsp3) is 0.308. The molecule has 0 atom stereocenters. The maximum Gasteiger partial charge on any atom is 0.240 e. The average Bonchev–Trinajstić information content (AvgIpc) is 2.92. The van der Waals surface area contributed by atoms with E-state index in [1.807, 2.05) is 11.4 Å². The molecule has 7 heteroatoms. The van der Waals surface area contributed by atoms with Gasteiger partial charge in [-0.15, -0.1) is 11.3 Å². The number of nitrogens with one attached hydrogen (secondary N) is 1. The Labute approximate surface area is 122 Å². The first-order valence-corrected chi connectivity index (χ1v) is 8.57. The molecule has 1 heterocycles. The fourth-order valence-corrected chi connectivity index (χ4v) is 3.75. The molecule has 0 bridgehead atoms. The van der Waals surface area contributed by atoms with Crippen LogP contribution in [0.15, 0.2) is 34.7 Å². The van der Waals surface area contributed by atoms with E-state index in [0.29, 0.717) is 30.0 Å². The zero-order chi connectivity index (χ0) is 14.6. The standard InChI is InChI=1S/C13H17N3O2S2/c1-10-2-3-11(9-14)8-12(10)20(17,18)16-5-4-13-15-6-7-19-13/h2-3,6-8,16H,4-5,9,14H2,1H3. The topological polar surface area (TPSA) is 85.1 Å². The van der Waals surface area contributed by atoms with Gasteiger partial charge < -0.3 is 5.73 Å². The molecule has 0 saturated heterocycles. The van der Waals surface area contributed by atoms with Crippen LogP contribution in [0.25, 0.3) is 0 Å². The monoisotopic (exact) mass is 311 g/mol. The summed E-state index contributed by atoms with van der Waals surface area (Å²) in [4.78, 5) is 4.41. The lowest BCUT2D eigenvalue weighted by Gasteiger charge is -2.10. The van der Waals surface area contributed by atoms with Crippen LogP contribution in [-0.4, -0.2) is 19.9 Å². The lowest BCUT2D eigenvalue weighted by Crippen LogP contribution is -2.26. The molecule has 1 aromatic heterocycles. The second-order valence-electron chi connectivity index (χ2n) is 4.38. The maximum absolute atomic E-state index is 12.3. The zero-order valence-corrected chi connectivity index (χ0v) is 12.8. The summed E-state index contributed by atoms with van der Waals surface area (Å²) >= 11 is 1.52. The lowest BCUT2D eigenvalue weighted by molar-refractivity contribution is 0.581. The second-order valence-corrected chi connectivity index (χ2v) is 7.09. The molecule has 0 unspecified atom stereocenters. The van der Waals surface area contributed by atoms with Gasteiger partial charge in [0.25, 0.3) is 0 Å². The largest absolute Gasteiger partial charge is 0.326 e. The summed E-state index contributed by atoms with van der Waals surface area (Å²) in [6, 6.07) is 5.24.